The highest BCUT2D eigenvalue weighted by molar-refractivity contribution is 5.80. The van der Waals surface area contributed by atoms with Crippen LogP contribution in [0.15, 0.2) is 24.3 Å². The summed E-state index contributed by atoms with van der Waals surface area (Å²) in [6.07, 6.45) is -0.739. The number of hydrogen-bond donors (Lipinski definition) is 2. The number of H-pyrrole nitrogens is 1. The first-order valence-corrected chi connectivity index (χ1v) is 5.86. The van der Waals surface area contributed by atoms with Crippen molar-refractivity contribution in [3.8, 4) is 11.8 Å². The number of nitrogens with zero attached hydrogens (tertiary/aromatic N) is 4. The quantitative estimate of drug-likeness (QED) is 0.800. The second-order valence-corrected chi connectivity index (χ2v) is 3.91. The Hall–Kier alpha value is -2.95. The van der Waals surface area contributed by atoms with Crippen LogP contribution < -0.4 is 10.1 Å². The molecule has 0 aliphatic rings. The minimum absolute atomic E-state index is 0.156. The molecule has 1 atom stereocenters. The van der Waals surface area contributed by atoms with E-state index in [0.29, 0.717) is 17.1 Å². The van der Waals surface area contributed by atoms with E-state index in [4.69, 9.17) is 10.00 Å². The van der Waals surface area contributed by atoms with E-state index < -0.39 is 6.10 Å². The highest BCUT2D eigenvalue weighted by atomic mass is 16.5. The third-order valence-electron chi connectivity index (χ3n) is 2.49. The molecule has 1 aromatic carbocycles. The zero-order chi connectivity index (χ0) is 14.4. The Morgan fingerprint density at radius 1 is 1.55 bits per heavy atom. The molecule has 0 spiro atoms. The second kappa shape index (κ2) is 6.29. The number of carbonyl (C=O) groups is 1. The van der Waals surface area contributed by atoms with E-state index in [9.17, 15) is 4.79 Å². The average Bonchev–Trinajstić information content (AvgIpc) is 2.98. The molecule has 2 N–H and O–H groups in total. The van der Waals surface area contributed by atoms with Crippen LogP contribution in [0.1, 0.15) is 18.3 Å². The van der Waals surface area contributed by atoms with Crippen molar-refractivity contribution >= 4 is 5.91 Å². The van der Waals surface area contributed by atoms with Gasteiger partial charge < -0.3 is 10.1 Å². The monoisotopic (exact) mass is 272 g/mol. The molecular formula is C12H12N6O2. The Labute approximate surface area is 114 Å². The van der Waals surface area contributed by atoms with Crippen LogP contribution in [0.4, 0.5) is 0 Å². The normalized spacial score (nSPS) is 11.4. The third-order valence-corrected chi connectivity index (χ3v) is 2.49. The number of amides is 1. The third kappa shape index (κ3) is 3.29. The van der Waals surface area contributed by atoms with E-state index in [1.165, 1.54) is 0 Å². The number of hydrogen-bond acceptors (Lipinski definition) is 6. The zero-order valence-corrected chi connectivity index (χ0v) is 10.7. The summed E-state index contributed by atoms with van der Waals surface area (Å²) in [6.45, 7) is 1.75. The molecule has 0 saturated carbocycles. The molecule has 1 heterocycles. The largest absolute Gasteiger partial charge is 0.480 e. The molecule has 20 heavy (non-hydrogen) atoms. The van der Waals surface area contributed by atoms with Crippen LogP contribution in [0.5, 0.6) is 5.75 Å². The van der Waals surface area contributed by atoms with Gasteiger partial charge in [0, 0.05) is 0 Å². The summed E-state index contributed by atoms with van der Waals surface area (Å²) in [5.41, 5.74) is 0.380. The Kier molecular flexibility index (Phi) is 4.24. The fraction of sp³-hybridized carbons (Fsp3) is 0.250. The molecule has 1 aromatic heterocycles. The Balaban J connectivity index is 1.92. The minimum Gasteiger partial charge on any atom is -0.480 e. The SMILES string of the molecule is CC(Oc1ccccc1C#N)C(=O)NCc1nn[nH]n1. The Morgan fingerprint density at radius 3 is 3.05 bits per heavy atom. The van der Waals surface area contributed by atoms with Crippen molar-refractivity contribution in [3.63, 3.8) is 0 Å². The number of aromatic nitrogens is 4. The Bertz CT molecular complexity index is 619. The lowest BCUT2D eigenvalue weighted by atomic mass is 10.2. The van der Waals surface area contributed by atoms with Crippen LogP contribution in [-0.4, -0.2) is 32.6 Å². The number of carbonyl (C=O) groups excluding carboxylic acids is 1. The van der Waals surface area contributed by atoms with E-state index in [1.54, 1.807) is 31.2 Å². The van der Waals surface area contributed by atoms with Gasteiger partial charge in [-0.05, 0) is 19.1 Å². The molecule has 2 aromatic rings. The summed E-state index contributed by atoms with van der Waals surface area (Å²) in [4.78, 5) is 11.8. The summed E-state index contributed by atoms with van der Waals surface area (Å²) in [6, 6.07) is 8.73. The molecule has 1 amide bonds. The first-order valence-electron chi connectivity index (χ1n) is 5.86. The summed E-state index contributed by atoms with van der Waals surface area (Å²) in [5, 5.41) is 24.6. The van der Waals surface area contributed by atoms with Crippen molar-refractivity contribution in [1.29, 1.82) is 5.26 Å². The van der Waals surface area contributed by atoms with E-state index in [1.807, 2.05) is 6.07 Å². The maximum Gasteiger partial charge on any atom is 0.261 e. The van der Waals surface area contributed by atoms with Gasteiger partial charge in [0.15, 0.2) is 11.9 Å². The van der Waals surface area contributed by atoms with Crippen molar-refractivity contribution < 1.29 is 9.53 Å². The summed E-state index contributed by atoms with van der Waals surface area (Å²) in [7, 11) is 0. The average molecular weight is 272 g/mol. The molecule has 8 nitrogen and oxygen atoms in total. The van der Waals surface area contributed by atoms with Crippen LogP contribution in [0.2, 0.25) is 0 Å². The van der Waals surface area contributed by atoms with Gasteiger partial charge in [0.25, 0.3) is 5.91 Å². The molecule has 8 heteroatoms. The number of nitrogens with one attached hydrogen (secondary N) is 2. The van der Waals surface area contributed by atoms with Gasteiger partial charge in [-0.2, -0.15) is 10.5 Å². The number of tetrazole rings is 1. The van der Waals surface area contributed by atoms with Crippen LogP contribution in [0, 0.1) is 11.3 Å². The van der Waals surface area contributed by atoms with Gasteiger partial charge >= 0.3 is 0 Å². The van der Waals surface area contributed by atoms with E-state index >= 15 is 0 Å². The van der Waals surface area contributed by atoms with Crippen molar-refractivity contribution in [2.75, 3.05) is 0 Å². The minimum atomic E-state index is -0.739. The van der Waals surface area contributed by atoms with Gasteiger partial charge in [-0.25, -0.2) is 0 Å². The van der Waals surface area contributed by atoms with Gasteiger partial charge in [-0.1, -0.05) is 17.3 Å². The second-order valence-electron chi connectivity index (χ2n) is 3.91. The maximum atomic E-state index is 11.8. The van der Waals surface area contributed by atoms with Gasteiger partial charge in [-0.3, -0.25) is 4.79 Å². The van der Waals surface area contributed by atoms with E-state index in [0.717, 1.165) is 0 Å². The number of rotatable bonds is 5. The number of aromatic amines is 1. The number of nitriles is 1. The van der Waals surface area contributed by atoms with Crippen LogP contribution in [0.3, 0.4) is 0 Å². The van der Waals surface area contributed by atoms with Gasteiger partial charge in [-0.15, -0.1) is 10.2 Å². The van der Waals surface area contributed by atoms with Crippen molar-refractivity contribution in [1.82, 2.24) is 25.9 Å². The summed E-state index contributed by atoms with van der Waals surface area (Å²) >= 11 is 0. The van der Waals surface area contributed by atoms with Gasteiger partial charge in [0.1, 0.15) is 11.8 Å². The lowest BCUT2D eigenvalue weighted by Gasteiger charge is -2.14. The first-order chi connectivity index (χ1) is 9.70. The van der Waals surface area contributed by atoms with Crippen molar-refractivity contribution in [2.24, 2.45) is 0 Å². The first kappa shape index (κ1) is 13.5. The van der Waals surface area contributed by atoms with Gasteiger partial charge in [0.05, 0.1) is 12.1 Å². The van der Waals surface area contributed by atoms with Crippen LogP contribution in [-0.2, 0) is 11.3 Å². The maximum absolute atomic E-state index is 11.8. The van der Waals surface area contributed by atoms with E-state index in [-0.39, 0.29) is 12.5 Å². The fourth-order valence-corrected chi connectivity index (χ4v) is 1.47. The predicted molar refractivity (Wildman–Crippen MR) is 67.3 cm³/mol. The molecule has 0 aliphatic heterocycles. The summed E-state index contributed by atoms with van der Waals surface area (Å²) < 4.78 is 5.47. The lowest BCUT2D eigenvalue weighted by molar-refractivity contribution is -0.127. The highest BCUT2D eigenvalue weighted by Gasteiger charge is 2.16. The Morgan fingerprint density at radius 2 is 2.35 bits per heavy atom. The molecule has 0 saturated heterocycles. The molecular weight excluding hydrogens is 260 g/mol. The van der Waals surface area contributed by atoms with E-state index in [2.05, 4.69) is 25.9 Å². The smallest absolute Gasteiger partial charge is 0.261 e. The highest BCUT2D eigenvalue weighted by Crippen LogP contribution is 2.18. The number of para-hydroxylation sites is 1. The van der Waals surface area contributed by atoms with Crippen molar-refractivity contribution in [3.05, 3.63) is 35.7 Å². The van der Waals surface area contributed by atoms with Crippen LogP contribution >= 0.6 is 0 Å². The van der Waals surface area contributed by atoms with Crippen molar-refractivity contribution in [2.45, 2.75) is 19.6 Å². The predicted octanol–water partition coefficient (Wildman–Crippen LogP) is 0.155. The molecule has 1 unspecified atom stereocenters. The molecule has 0 radical (unpaired) electrons. The van der Waals surface area contributed by atoms with Crippen LogP contribution in [0.25, 0.3) is 0 Å². The molecule has 0 bridgehead atoms. The summed E-state index contributed by atoms with van der Waals surface area (Å²) in [5.74, 6) is 0.419. The fourth-order valence-electron chi connectivity index (χ4n) is 1.47. The standard InChI is InChI=1S/C12H12N6O2/c1-8(12(19)14-7-11-15-17-18-16-11)20-10-5-3-2-4-9(10)6-13/h2-5,8H,7H2,1H3,(H,14,19)(H,15,16,17,18). The topological polar surface area (TPSA) is 117 Å². The molecule has 0 fully saturated rings. The van der Waals surface area contributed by atoms with Gasteiger partial charge in [0.2, 0.25) is 0 Å². The molecule has 0 aliphatic carbocycles. The number of benzene rings is 1. The number of ether oxygens (including phenoxy) is 1. The lowest BCUT2D eigenvalue weighted by Crippen LogP contribution is -2.36. The zero-order valence-electron chi connectivity index (χ0n) is 10.7. The molecule has 2 rings (SSSR count). The molecule has 102 valence electrons.